The summed E-state index contributed by atoms with van der Waals surface area (Å²) >= 11 is 1.51. The summed E-state index contributed by atoms with van der Waals surface area (Å²) < 4.78 is 3.27. The second-order valence-electron chi connectivity index (χ2n) is 6.71. The van der Waals surface area contributed by atoms with E-state index in [0.717, 1.165) is 17.0 Å². The van der Waals surface area contributed by atoms with Crippen LogP contribution in [0.1, 0.15) is 29.4 Å². The third-order valence-electron chi connectivity index (χ3n) is 4.49. The van der Waals surface area contributed by atoms with Gasteiger partial charge in [0.05, 0.1) is 11.4 Å². The summed E-state index contributed by atoms with van der Waals surface area (Å²) in [4.78, 5) is 34.7. The fourth-order valence-electron chi connectivity index (χ4n) is 3.10. The van der Waals surface area contributed by atoms with Crippen LogP contribution in [0.25, 0.3) is 5.78 Å². The summed E-state index contributed by atoms with van der Waals surface area (Å²) in [6, 6.07) is 18.2. The number of carbonyl (C=O) groups excluding carboxylic acids is 1. The first kappa shape index (κ1) is 19.9. The molecule has 0 spiro atoms. The summed E-state index contributed by atoms with van der Waals surface area (Å²) in [5.74, 6) is 0.727. The third kappa shape index (κ3) is 4.28. The van der Waals surface area contributed by atoms with Gasteiger partial charge in [-0.05, 0) is 30.7 Å². The molecule has 8 heteroatoms. The molecule has 0 atom stereocenters. The molecule has 7 nitrogen and oxygen atoms in total. The summed E-state index contributed by atoms with van der Waals surface area (Å²) in [5.41, 5.74) is 1.82. The number of nitrogens with zero attached hydrogens (tertiary/aromatic N) is 4. The second kappa shape index (κ2) is 8.96. The molecule has 4 aromatic rings. The maximum atomic E-state index is 12.5. The predicted octanol–water partition coefficient (Wildman–Crippen LogP) is 3.85. The largest absolute Gasteiger partial charge is 0.321 e. The lowest BCUT2D eigenvalue weighted by Crippen LogP contribution is -2.21. The summed E-state index contributed by atoms with van der Waals surface area (Å²) in [6.45, 7) is 2.75. The molecule has 0 unspecified atom stereocenters. The first-order chi connectivity index (χ1) is 14.7. The summed E-state index contributed by atoms with van der Waals surface area (Å²) in [7, 11) is 0. The Bertz CT molecular complexity index is 1230. The highest BCUT2D eigenvalue weighted by atomic mass is 32.2. The van der Waals surface area contributed by atoms with Crippen LogP contribution in [0.4, 0.5) is 5.69 Å². The molecule has 2 heterocycles. The van der Waals surface area contributed by atoms with Gasteiger partial charge in [-0.1, -0.05) is 37.3 Å². The number of fused-ring (bicyclic) bond motifs is 1. The fraction of sp³-hybridized carbons (Fsp3) is 0.182. The molecule has 0 saturated heterocycles. The van der Waals surface area contributed by atoms with Gasteiger partial charge >= 0.3 is 0 Å². The molecule has 0 saturated carbocycles. The minimum absolute atomic E-state index is 0.146. The number of anilines is 1. The zero-order valence-electron chi connectivity index (χ0n) is 16.5. The fourth-order valence-corrected chi connectivity index (χ4v) is 4.00. The maximum absolute atomic E-state index is 12.5. The van der Waals surface area contributed by atoms with Crippen molar-refractivity contribution in [1.29, 1.82) is 0 Å². The number of aryl methyl sites for hydroxylation is 1. The van der Waals surface area contributed by atoms with Gasteiger partial charge in [0.1, 0.15) is 6.33 Å². The molecule has 1 N–H and O–H groups in total. The molecule has 0 aliphatic rings. The Kier molecular flexibility index (Phi) is 5.94. The van der Waals surface area contributed by atoms with Crippen molar-refractivity contribution < 1.29 is 4.79 Å². The van der Waals surface area contributed by atoms with E-state index in [1.165, 1.54) is 16.3 Å². The van der Waals surface area contributed by atoms with Crippen molar-refractivity contribution in [2.45, 2.75) is 30.5 Å². The maximum Gasteiger partial charge on any atom is 0.274 e. The smallest absolute Gasteiger partial charge is 0.274 e. The first-order valence-electron chi connectivity index (χ1n) is 9.68. The Morgan fingerprint density at radius 3 is 2.67 bits per heavy atom. The topological polar surface area (TPSA) is 81.3 Å². The number of hydrogen-bond acceptors (Lipinski definition) is 5. The average Bonchev–Trinajstić information content (AvgIpc) is 3.17. The van der Waals surface area contributed by atoms with Gasteiger partial charge in [0.2, 0.25) is 0 Å². The molecule has 30 heavy (non-hydrogen) atoms. The monoisotopic (exact) mass is 419 g/mol. The molecular weight excluding hydrogens is 398 g/mol. The van der Waals surface area contributed by atoms with Crippen LogP contribution in [0, 0.1) is 0 Å². The van der Waals surface area contributed by atoms with E-state index in [-0.39, 0.29) is 11.5 Å². The zero-order chi connectivity index (χ0) is 20.9. The van der Waals surface area contributed by atoms with Crippen molar-refractivity contribution in [3.63, 3.8) is 0 Å². The van der Waals surface area contributed by atoms with Gasteiger partial charge in [-0.2, -0.15) is 9.50 Å². The lowest BCUT2D eigenvalue weighted by atomic mass is 10.2. The molecule has 152 valence electrons. The van der Waals surface area contributed by atoms with Crippen LogP contribution in [0.5, 0.6) is 0 Å². The van der Waals surface area contributed by atoms with Gasteiger partial charge < -0.3 is 5.32 Å². The van der Waals surface area contributed by atoms with Gasteiger partial charge in [-0.25, -0.2) is 4.98 Å². The van der Waals surface area contributed by atoms with Gasteiger partial charge in [0.15, 0.2) is 0 Å². The Morgan fingerprint density at radius 2 is 1.87 bits per heavy atom. The number of rotatable bonds is 7. The minimum atomic E-state index is -0.164. The lowest BCUT2D eigenvalue weighted by Gasteiger charge is -2.11. The molecule has 1 amide bonds. The van der Waals surface area contributed by atoms with E-state index < -0.39 is 0 Å². The first-order valence-corrected chi connectivity index (χ1v) is 10.7. The number of para-hydroxylation sites is 1. The quantitative estimate of drug-likeness (QED) is 0.460. The zero-order valence-corrected chi connectivity index (χ0v) is 17.3. The highest BCUT2D eigenvalue weighted by molar-refractivity contribution is 7.98. The van der Waals surface area contributed by atoms with E-state index in [9.17, 15) is 9.59 Å². The number of amides is 1. The lowest BCUT2D eigenvalue weighted by molar-refractivity contribution is 0.102. The standard InChI is InChI=1S/C22H21N5O2S/c1-2-12-26-15-23-22-24-17(13-20(28)27(22)26)14-30-19-11-7-6-10-18(19)25-21(29)16-8-4-3-5-9-16/h3-11,13,15H,2,12,14H2,1H3,(H,25,29). The van der Waals surface area contributed by atoms with Crippen molar-refractivity contribution in [1.82, 2.24) is 19.2 Å². The van der Waals surface area contributed by atoms with Crippen LogP contribution in [0.3, 0.4) is 0 Å². The number of thioether (sulfide) groups is 1. The van der Waals surface area contributed by atoms with Crippen molar-refractivity contribution in [3.8, 4) is 0 Å². The van der Waals surface area contributed by atoms with Gasteiger partial charge in [0.25, 0.3) is 17.2 Å². The number of benzene rings is 2. The normalized spacial score (nSPS) is 11.0. The highest BCUT2D eigenvalue weighted by Gasteiger charge is 2.11. The predicted molar refractivity (Wildman–Crippen MR) is 118 cm³/mol. The van der Waals surface area contributed by atoms with Gasteiger partial charge in [0, 0.05) is 28.8 Å². The van der Waals surface area contributed by atoms with Crippen LogP contribution in [0.15, 0.2) is 76.7 Å². The van der Waals surface area contributed by atoms with Crippen molar-refractivity contribution in [2.24, 2.45) is 0 Å². The number of hydrogen-bond donors (Lipinski definition) is 1. The summed E-state index contributed by atoms with van der Waals surface area (Å²) in [5, 5.41) is 2.96. The molecule has 0 bridgehead atoms. The molecule has 0 fully saturated rings. The van der Waals surface area contributed by atoms with E-state index in [2.05, 4.69) is 15.3 Å². The Morgan fingerprint density at radius 1 is 1.10 bits per heavy atom. The molecule has 0 aliphatic heterocycles. The molecule has 0 aliphatic carbocycles. The number of aromatic nitrogens is 4. The highest BCUT2D eigenvalue weighted by Crippen LogP contribution is 2.29. The average molecular weight is 420 g/mol. The molecular formula is C22H21N5O2S. The molecule has 2 aromatic carbocycles. The molecule has 4 rings (SSSR count). The number of nitrogens with one attached hydrogen (secondary N) is 1. The van der Waals surface area contributed by atoms with Crippen LogP contribution < -0.4 is 10.9 Å². The van der Waals surface area contributed by atoms with Gasteiger partial charge in [-0.15, -0.1) is 11.8 Å². The third-order valence-corrected chi connectivity index (χ3v) is 5.60. The van der Waals surface area contributed by atoms with E-state index in [1.807, 2.05) is 49.4 Å². The van der Waals surface area contributed by atoms with E-state index in [4.69, 9.17) is 0 Å². The summed E-state index contributed by atoms with van der Waals surface area (Å²) in [6.07, 6.45) is 2.54. The number of carbonyl (C=O) groups is 1. The van der Waals surface area contributed by atoms with Crippen molar-refractivity contribution in [2.75, 3.05) is 5.32 Å². The molecule has 2 aromatic heterocycles. The van der Waals surface area contributed by atoms with E-state index >= 15 is 0 Å². The van der Waals surface area contributed by atoms with Crippen molar-refractivity contribution >= 4 is 29.1 Å². The Balaban J connectivity index is 1.52. The van der Waals surface area contributed by atoms with Crippen LogP contribution in [0.2, 0.25) is 0 Å². The Hall–Kier alpha value is -3.39. The van der Waals surface area contributed by atoms with Crippen molar-refractivity contribution in [3.05, 3.63) is 88.6 Å². The van der Waals surface area contributed by atoms with E-state index in [1.54, 1.807) is 29.2 Å². The van der Waals surface area contributed by atoms with Crippen LogP contribution in [-0.4, -0.2) is 25.1 Å². The SMILES string of the molecule is CCCn1cnc2nc(CSc3ccccc3NC(=O)c3ccccc3)cc(=O)n21. The molecule has 0 radical (unpaired) electrons. The van der Waals surface area contributed by atoms with E-state index in [0.29, 0.717) is 29.3 Å². The van der Waals surface area contributed by atoms with Crippen LogP contribution in [-0.2, 0) is 12.3 Å². The van der Waals surface area contributed by atoms with Gasteiger partial charge in [-0.3, -0.25) is 14.3 Å². The second-order valence-corrected chi connectivity index (χ2v) is 7.73. The Labute approximate surface area is 177 Å². The minimum Gasteiger partial charge on any atom is -0.321 e. The van der Waals surface area contributed by atoms with Crippen LogP contribution >= 0.6 is 11.8 Å².